The number of aliphatic hydroxyl groups excluding tert-OH is 1. The van der Waals surface area contributed by atoms with Gasteiger partial charge in [0.05, 0.1) is 0 Å². The zero-order valence-corrected chi connectivity index (χ0v) is 32.8. The number of fused-ring (bicyclic) bond motifs is 5. The van der Waals surface area contributed by atoms with Gasteiger partial charge in [-0.25, -0.2) is 4.98 Å². The van der Waals surface area contributed by atoms with Crippen molar-refractivity contribution in [3.8, 4) is 11.3 Å². The number of aromatic nitrogens is 2. The molecular formula is C41H47IrN2O3S-. The Kier molecular flexibility index (Phi) is 11.4. The van der Waals surface area contributed by atoms with E-state index in [4.69, 9.17) is 9.40 Å². The van der Waals surface area contributed by atoms with Crippen LogP contribution in [0.5, 0.6) is 0 Å². The van der Waals surface area contributed by atoms with E-state index in [2.05, 4.69) is 85.7 Å². The molecule has 7 heteroatoms. The standard InChI is InChI=1S/C26H19N2OS.C15H28O2.Ir/c1-26(2,3)20-12-17(10-15-6-4-5-7-18(15)20)24-23-19-11-16-8-9-30-22(16)13-21(19)29-25(23)28-14-27-24;1-7-14(5,8-2)12(16)11-13(17)15(6,9-3)10-4;/h4-9,11-14H,1-3H3;11,16H,7-10H2,1-6H3;/q-1;;/b;12-11-;. The molecule has 0 saturated heterocycles. The summed E-state index contributed by atoms with van der Waals surface area (Å²) in [5, 5.41) is 17.8. The quantitative estimate of drug-likeness (QED) is 0.0938. The van der Waals surface area contributed by atoms with E-state index in [1.165, 1.54) is 27.1 Å². The second kappa shape index (κ2) is 14.6. The maximum Gasteiger partial charge on any atom is 0.223 e. The Hall–Kier alpha value is -3.38. The molecule has 0 fully saturated rings. The van der Waals surface area contributed by atoms with Gasteiger partial charge < -0.3 is 9.52 Å². The number of hydrogen-bond donors (Lipinski definition) is 1. The van der Waals surface area contributed by atoms with E-state index in [0.717, 1.165) is 58.7 Å². The van der Waals surface area contributed by atoms with Crippen molar-refractivity contribution in [2.24, 2.45) is 10.8 Å². The third-order valence-electron chi connectivity index (χ3n) is 10.3. The number of furan rings is 1. The Morgan fingerprint density at radius 3 is 2.21 bits per heavy atom. The Morgan fingerprint density at radius 2 is 1.56 bits per heavy atom. The van der Waals surface area contributed by atoms with E-state index in [0.29, 0.717) is 5.71 Å². The van der Waals surface area contributed by atoms with Gasteiger partial charge in [-0.1, -0.05) is 91.5 Å². The van der Waals surface area contributed by atoms with E-state index in [-0.39, 0.29) is 47.9 Å². The molecule has 0 aliphatic heterocycles. The van der Waals surface area contributed by atoms with Crippen LogP contribution in [0.3, 0.4) is 0 Å². The first-order valence-corrected chi connectivity index (χ1v) is 17.6. The molecule has 1 radical (unpaired) electrons. The molecular weight excluding hydrogens is 793 g/mol. The number of benzene rings is 3. The van der Waals surface area contributed by atoms with Crippen molar-refractivity contribution in [1.82, 2.24) is 9.97 Å². The number of thiophene rings is 1. The summed E-state index contributed by atoms with van der Waals surface area (Å²) in [6.45, 7) is 18.8. The van der Waals surface area contributed by atoms with E-state index in [1.807, 2.05) is 41.5 Å². The van der Waals surface area contributed by atoms with Gasteiger partial charge in [-0.2, -0.15) is 0 Å². The number of aliphatic hydroxyl groups is 1. The summed E-state index contributed by atoms with van der Waals surface area (Å²) in [5.41, 5.74) is 3.98. The summed E-state index contributed by atoms with van der Waals surface area (Å²) in [7, 11) is 0. The van der Waals surface area contributed by atoms with Crippen LogP contribution < -0.4 is 0 Å². The first-order valence-electron chi connectivity index (χ1n) is 16.7. The largest absolute Gasteiger partial charge is 0.512 e. The van der Waals surface area contributed by atoms with Gasteiger partial charge in [-0.05, 0) is 60.1 Å². The van der Waals surface area contributed by atoms with E-state index >= 15 is 0 Å². The first kappa shape index (κ1) is 37.4. The zero-order chi connectivity index (χ0) is 34.1. The van der Waals surface area contributed by atoms with Crippen LogP contribution in [0.25, 0.3) is 54.2 Å². The molecule has 0 spiro atoms. The van der Waals surface area contributed by atoms with Gasteiger partial charge in [-0.15, -0.1) is 40.5 Å². The molecule has 48 heavy (non-hydrogen) atoms. The number of ketones is 1. The second-order valence-electron chi connectivity index (χ2n) is 14.1. The number of allylic oxidation sites excluding steroid dienone is 2. The van der Waals surface area contributed by atoms with E-state index < -0.39 is 0 Å². The third-order valence-corrected chi connectivity index (χ3v) is 11.2. The molecule has 0 amide bonds. The third kappa shape index (κ3) is 7.15. The smallest absolute Gasteiger partial charge is 0.223 e. The number of rotatable bonds is 8. The monoisotopic (exact) mass is 840 g/mol. The minimum atomic E-state index is -0.337. The molecule has 0 aliphatic carbocycles. The fourth-order valence-electron chi connectivity index (χ4n) is 5.93. The van der Waals surface area contributed by atoms with Gasteiger partial charge in [0.15, 0.2) is 5.78 Å². The van der Waals surface area contributed by atoms with Crippen LogP contribution in [0.2, 0.25) is 0 Å². The number of nitrogens with zero attached hydrogens (tertiary/aromatic N) is 2. The molecule has 0 aliphatic rings. The summed E-state index contributed by atoms with van der Waals surface area (Å²) < 4.78 is 7.33. The Morgan fingerprint density at radius 1 is 0.896 bits per heavy atom. The summed E-state index contributed by atoms with van der Waals surface area (Å²) >= 11 is 1.72. The molecule has 0 bridgehead atoms. The van der Waals surface area contributed by atoms with Gasteiger partial charge in [-0.3, -0.25) is 9.78 Å². The predicted molar refractivity (Wildman–Crippen MR) is 198 cm³/mol. The number of hydrogen-bond acceptors (Lipinski definition) is 6. The maximum atomic E-state index is 12.2. The van der Waals surface area contributed by atoms with Crippen LogP contribution in [0, 0.1) is 16.9 Å². The zero-order valence-electron chi connectivity index (χ0n) is 29.6. The van der Waals surface area contributed by atoms with Gasteiger partial charge in [0.25, 0.3) is 0 Å². The normalized spacial score (nSPS) is 12.7. The molecule has 255 valence electrons. The van der Waals surface area contributed by atoms with Crippen LogP contribution in [0.15, 0.2) is 76.5 Å². The molecule has 1 N–H and O–H groups in total. The maximum absolute atomic E-state index is 12.2. The van der Waals surface area contributed by atoms with E-state index in [9.17, 15) is 9.90 Å². The van der Waals surface area contributed by atoms with Crippen LogP contribution in [0.4, 0.5) is 0 Å². The van der Waals surface area contributed by atoms with Crippen molar-refractivity contribution in [1.29, 1.82) is 0 Å². The van der Waals surface area contributed by atoms with Crippen molar-refractivity contribution in [3.05, 3.63) is 83.7 Å². The van der Waals surface area contributed by atoms with Crippen molar-refractivity contribution < 1.29 is 34.4 Å². The minimum absolute atomic E-state index is 0. The van der Waals surface area contributed by atoms with Gasteiger partial charge >= 0.3 is 0 Å². The predicted octanol–water partition coefficient (Wildman–Crippen LogP) is 12.2. The Bertz CT molecular complexity index is 2090. The van der Waals surface area contributed by atoms with Crippen LogP contribution in [-0.2, 0) is 30.3 Å². The van der Waals surface area contributed by atoms with Crippen LogP contribution in [0.1, 0.15) is 93.6 Å². The van der Waals surface area contributed by atoms with Gasteiger partial charge in [0.2, 0.25) is 5.71 Å². The van der Waals surface area contributed by atoms with Crippen molar-refractivity contribution in [3.63, 3.8) is 0 Å². The molecule has 3 heterocycles. The minimum Gasteiger partial charge on any atom is -0.512 e. The molecule has 6 rings (SSSR count). The fourth-order valence-corrected chi connectivity index (χ4v) is 6.73. The molecule has 0 unspecified atom stereocenters. The summed E-state index contributed by atoms with van der Waals surface area (Å²) in [6.07, 6.45) is 6.34. The van der Waals surface area contributed by atoms with Gasteiger partial charge in [0.1, 0.15) is 17.7 Å². The first-order chi connectivity index (χ1) is 22.3. The average molecular weight is 840 g/mol. The summed E-state index contributed by atoms with van der Waals surface area (Å²) in [5.74, 6) is 0.286. The summed E-state index contributed by atoms with van der Waals surface area (Å²) in [4.78, 5) is 21.3. The fraction of sp³-hybridized carbons (Fsp3) is 0.390. The molecule has 3 aromatic heterocycles. The molecule has 5 nitrogen and oxygen atoms in total. The van der Waals surface area contributed by atoms with Crippen LogP contribution in [-0.4, -0.2) is 20.9 Å². The Balaban J connectivity index is 0.000000251. The Labute approximate surface area is 302 Å². The number of carbonyl (C=O) groups is 1. The topological polar surface area (TPSA) is 76.2 Å². The molecule has 6 aromatic rings. The van der Waals surface area contributed by atoms with Gasteiger partial charge in [0, 0.05) is 58.2 Å². The molecule has 0 atom stereocenters. The van der Waals surface area contributed by atoms with Crippen molar-refractivity contribution in [2.45, 2.75) is 93.4 Å². The molecule has 3 aromatic carbocycles. The average Bonchev–Trinajstić information content (AvgIpc) is 3.69. The van der Waals surface area contributed by atoms with E-state index in [1.54, 1.807) is 17.7 Å². The molecule has 0 saturated carbocycles. The SMILES string of the molecule is CC(C)(C)c1cc(-c2ncnc3oc4cc5sccc5cc4c23)[c-]c2ccccc12.CCC(C)(CC)C(=O)/C=C(\O)C(C)(CC)CC.[Ir]. The van der Waals surface area contributed by atoms with Crippen molar-refractivity contribution in [2.75, 3.05) is 0 Å². The second-order valence-corrected chi connectivity index (χ2v) is 15.1. The van der Waals surface area contributed by atoms with Crippen LogP contribution >= 0.6 is 11.3 Å². The van der Waals surface area contributed by atoms with Crippen molar-refractivity contribution >= 4 is 60.0 Å². The summed E-state index contributed by atoms with van der Waals surface area (Å²) in [6, 6.07) is 20.7. The number of carbonyl (C=O) groups excluding carboxylic acids is 1.